The van der Waals surface area contributed by atoms with Gasteiger partial charge in [0.1, 0.15) is 11.8 Å². The van der Waals surface area contributed by atoms with Gasteiger partial charge in [-0.2, -0.15) is 0 Å². The van der Waals surface area contributed by atoms with Crippen molar-refractivity contribution >= 4 is 11.6 Å². The van der Waals surface area contributed by atoms with Crippen LogP contribution in [0.3, 0.4) is 0 Å². The smallest absolute Gasteiger partial charge is 0.242 e. The lowest BCUT2D eigenvalue weighted by Crippen LogP contribution is -2.39. The van der Waals surface area contributed by atoms with Crippen molar-refractivity contribution in [3.63, 3.8) is 0 Å². The van der Waals surface area contributed by atoms with Crippen LogP contribution in [-0.4, -0.2) is 39.3 Å². The Labute approximate surface area is 114 Å². The quantitative estimate of drug-likeness (QED) is 0.735. The van der Waals surface area contributed by atoms with E-state index in [1.54, 1.807) is 14.2 Å². The van der Waals surface area contributed by atoms with E-state index < -0.39 is 0 Å². The molecule has 0 radical (unpaired) electrons. The molecule has 0 aliphatic rings. The van der Waals surface area contributed by atoms with Gasteiger partial charge in [0, 0.05) is 13.7 Å². The molecule has 0 aliphatic heterocycles. The Morgan fingerprint density at radius 1 is 1.37 bits per heavy atom. The third-order valence-corrected chi connectivity index (χ3v) is 2.73. The molecule has 2 N–H and O–H groups in total. The average Bonchev–Trinajstić information content (AvgIpc) is 2.39. The van der Waals surface area contributed by atoms with Gasteiger partial charge >= 0.3 is 0 Å². The van der Waals surface area contributed by atoms with E-state index in [4.69, 9.17) is 9.47 Å². The van der Waals surface area contributed by atoms with Crippen LogP contribution in [0.15, 0.2) is 18.2 Å². The van der Waals surface area contributed by atoms with E-state index >= 15 is 0 Å². The topological polar surface area (TPSA) is 59.6 Å². The Bertz CT molecular complexity index is 421. The molecule has 1 unspecified atom stereocenters. The molecular formula is C14H22N2O3. The van der Waals surface area contributed by atoms with E-state index in [2.05, 4.69) is 10.6 Å². The van der Waals surface area contributed by atoms with Gasteiger partial charge in [0.15, 0.2) is 0 Å². The zero-order valence-corrected chi connectivity index (χ0v) is 11.9. The number of methoxy groups -OCH3 is 2. The van der Waals surface area contributed by atoms with Gasteiger partial charge < -0.3 is 20.1 Å². The predicted molar refractivity (Wildman–Crippen MR) is 75.7 cm³/mol. The summed E-state index contributed by atoms with van der Waals surface area (Å²) >= 11 is 0. The molecule has 19 heavy (non-hydrogen) atoms. The van der Waals surface area contributed by atoms with E-state index in [1.165, 1.54) is 0 Å². The third-order valence-electron chi connectivity index (χ3n) is 2.73. The Hall–Kier alpha value is -1.75. The number of aryl methyl sites for hydroxylation is 1. The van der Waals surface area contributed by atoms with Gasteiger partial charge in [-0.1, -0.05) is 6.07 Å². The molecule has 5 nitrogen and oxygen atoms in total. The molecule has 5 heteroatoms. The number of nitrogens with one attached hydrogen (secondary N) is 2. The van der Waals surface area contributed by atoms with Crippen molar-refractivity contribution in [2.75, 3.05) is 32.7 Å². The number of carbonyl (C=O) groups excluding carboxylic acids is 1. The average molecular weight is 266 g/mol. The molecule has 1 atom stereocenters. The summed E-state index contributed by atoms with van der Waals surface area (Å²) in [6.45, 7) is 4.82. The summed E-state index contributed by atoms with van der Waals surface area (Å²) in [4.78, 5) is 11.8. The summed E-state index contributed by atoms with van der Waals surface area (Å²) in [7, 11) is 3.21. The monoisotopic (exact) mass is 266 g/mol. The number of benzene rings is 1. The van der Waals surface area contributed by atoms with E-state index in [9.17, 15) is 4.79 Å². The lowest BCUT2D eigenvalue weighted by Gasteiger charge is -2.17. The maximum Gasteiger partial charge on any atom is 0.242 e. The normalized spacial score (nSPS) is 11.8. The van der Waals surface area contributed by atoms with Crippen molar-refractivity contribution in [2.45, 2.75) is 19.9 Å². The summed E-state index contributed by atoms with van der Waals surface area (Å²) in [6, 6.07) is 5.46. The van der Waals surface area contributed by atoms with Crippen molar-refractivity contribution in [1.29, 1.82) is 0 Å². The number of hydrogen-bond acceptors (Lipinski definition) is 4. The first kappa shape index (κ1) is 15.3. The molecular weight excluding hydrogens is 244 g/mol. The van der Waals surface area contributed by atoms with E-state index in [0.717, 1.165) is 17.0 Å². The second-order valence-corrected chi connectivity index (χ2v) is 4.35. The predicted octanol–water partition coefficient (Wildman–Crippen LogP) is 1.57. The molecule has 0 heterocycles. The first-order valence-corrected chi connectivity index (χ1v) is 6.26. The van der Waals surface area contributed by atoms with Crippen molar-refractivity contribution in [3.05, 3.63) is 23.8 Å². The summed E-state index contributed by atoms with van der Waals surface area (Å²) in [5.74, 6) is 0.655. The van der Waals surface area contributed by atoms with Crippen molar-refractivity contribution < 1.29 is 14.3 Å². The van der Waals surface area contributed by atoms with Gasteiger partial charge in [-0.3, -0.25) is 4.79 Å². The van der Waals surface area contributed by atoms with Crippen LogP contribution in [-0.2, 0) is 9.53 Å². The molecule has 0 bridgehead atoms. The lowest BCUT2D eigenvalue weighted by molar-refractivity contribution is -0.121. The number of carbonyl (C=O) groups is 1. The molecule has 0 aromatic heterocycles. The number of hydrogen-bond donors (Lipinski definition) is 2. The Morgan fingerprint density at radius 2 is 2.11 bits per heavy atom. The van der Waals surface area contributed by atoms with Gasteiger partial charge in [-0.05, 0) is 31.5 Å². The summed E-state index contributed by atoms with van der Waals surface area (Å²) in [5.41, 5.74) is 1.92. The van der Waals surface area contributed by atoms with Crippen molar-refractivity contribution in [2.24, 2.45) is 0 Å². The van der Waals surface area contributed by atoms with E-state index in [-0.39, 0.29) is 11.9 Å². The van der Waals surface area contributed by atoms with Crippen LogP contribution in [0.1, 0.15) is 12.5 Å². The third kappa shape index (κ3) is 4.79. The zero-order chi connectivity index (χ0) is 14.3. The largest absolute Gasteiger partial charge is 0.495 e. The molecule has 0 fully saturated rings. The summed E-state index contributed by atoms with van der Waals surface area (Å²) < 4.78 is 10.2. The van der Waals surface area contributed by atoms with E-state index in [1.807, 2.05) is 32.0 Å². The standard InChI is InChI=1S/C14H22N2O3/c1-10-5-6-13(19-4)12(9-10)16-11(2)14(17)15-7-8-18-3/h5-6,9,11,16H,7-8H2,1-4H3,(H,15,17). The highest BCUT2D eigenvalue weighted by atomic mass is 16.5. The van der Waals surface area contributed by atoms with Crippen LogP contribution in [0.2, 0.25) is 0 Å². The number of anilines is 1. The highest BCUT2D eigenvalue weighted by Crippen LogP contribution is 2.25. The molecule has 1 aromatic rings. The summed E-state index contributed by atoms with van der Waals surface area (Å²) in [6.07, 6.45) is 0. The van der Waals surface area contributed by atoms with Crippen molar-refractivity contribution in [1.82, 2.24) is 5.32 Å². The van der Waals surface area contributed by atoms with Gasteiger partial charge in [0.2, 0.25) is 5.91 Å². The Balaban J connectivity index is 2.62. The van der Waals surface area contributed by atoms with Crippen LogP contribution in [0.25, 0.3) is 0 Å². The van der Waals surface area contributed by atoms with Crippen LogP contribution in [0.4, 0.5) is 5.69 Å². The van der Waals surface area contributed by atoms with Crippen LogP contribution < -0.4 is 15.4 Å². The molecule has 0 aliphatic carbocycles. The molecule has 0 saturated carbocycles. The fourth-order valence-electron chi connectivity index (χ4n) is 1.66. The first-order chi connectivity index (χ1) is 9.08. The van der Waals surface area contributed by atoms with Crippen LogP contribution in [0, 0.1) is 6.92 Å². The second kappa shape index (κ2) is 7.63. The summed E-state index contributed by atoms with van der Waals surface area (Å²) in [5, 5.41) is 5.94. The van der Waals surface area contributed by atoms with E-state index in [0.29, 0.717) is 13.2 Å². The highest BCUT2D eigenvalue weighted by molar-refractivity contribution is 5.84. The highest BCUT2D eigenvalue weighted by Gasteiger charge is 2.14. The Morgan fingerprint density at radius 3 is 2.74 bits per heavy atom. The van der Waals surface area contributed by atoms with Gasteiger partial charge in [0.25, 0.3) is 0 Å². The van der Waals surface area contributed by atoms with Gasteiger partial charge in [-0.15, -0.1) is 0 Å². The minimum absolute atomic E-state index is 0.0689. The molecule has 106 valence electrons. The second-order valence-electron chi connectivity index (χ2n) is 4.35. The van der Waals surface area contributed by atoms with Crippen LogP contribution >= 0.6 is 0 Å². The Kier molecular flexibility index (Phi) is 6.15. The fraction of sp³-hybridized carbons (Fsp3) is 0.500. The van der Waals surface area contributed by atoms with Gasteiger partial charge in [-0.25, -0.2) is 0 Å². The van der Waals surface area contributed by atoms with Crippen molar-refractivity contribution in [3.8, 4) is 5.75 Å². The first-order valence-electron chi connectivity index (χ1n) is 6.26. The molecule has 0 spiro atoms. The molecule has 1 rings (SSSR count). The number of rotatable bonds is 7. The SMILES string of the molecule is COCCNC(=O)C(C)Nc1cc(C)ccc1OC. The molecule has 0 saturated heterocycles. The van der Waals surface area contributed by atoms with Crippen LogP contribution in [0.5, 0.6) is 5.75 Å². The number of amides is 1. The minimum Gasteiger partial charge on any atom is -0.495 e. The number of ether oxygens (including phenoxy) is 2. The lowest BCUT2D eigenvalue weighted by atomic mass is 10.2. The zero-order valence-electron chi connectivity index (χ0n) is 11.9. The molecule has 1 aromatic carbocycles. The minimum atomic E-state index is -0.340. The molecule has 1 amide bonds. The maximum atomic E-state index is 11.8. The van der Waals surface area contributed by atoms with Gasteiger partial charge in [0.05, 0.1) is 19.4 Å². The maximum absolute atomic E-state index is 11.8. The fourth-order valence-corrected chi connectivity index (χ4v) is 1.66.